The molecule has 36 heavy (non-hydrogen) atoms. The lowest BCUT2D eigenvalue weighted by Gasteiger charge is -2.33. The van der Waals surface area contributed by atoms with Crippen LogP contribution < -0.4 is 15.9 Å². The van der Waals surface area contributed by atoms with Crippen LogP contribution in [0.5, 0.6) is 0 Å². The van der Waals surface area contributed by atoms with Gasteiger partial charge in [-0.15, -0.1) is 0 Å². The zero-order chi connectivity index (χ0) is 24.8. The van der Waals surface area contributed by atoms with Gasteiger partial charge in [0.2, 0.25) is 5.82 Å². The SMILES string of the molecule is Cn1c(C(=O)N[C@H]2CC[C@H](O)CC2)nc2c(N3CCC(n4c(=O)[nH]c5ncccc54)CC3)ncnc21. The number of fused-ring (bicyclic) bond motifs is 2. The molecule has 0 aromatic carbocycles. The van der Waals surface area contributed by atoms with Crippen LogP contribution in [0.4, 0.5) is 5.82 Å². The Morgan fingerprint density at radius 2 is 1.89 bits per heavy atom. The molecule has 1 saturated carbocycles. The van der Waals surface area contributed by atoms with Crippen LogP contribution in [0.2, 0.25) is 0 Å². The maximum absolute atomic E-state index is 13.0. The van der Waals surface area contributed by atoms with Crippen molar-refractivity contribution in [2.45, 2.75) is 56.7 Å². The van der Waals surface area contributed by atoms with E-state index in [1.54, 1.807) is 17.8 Å². The molecule has 6 rings (SSSR count). The van der Waals surface area contributed by atoms with Crippen molar-refractivity contribution in [1.82, 2.24) is 39.4 Å². The van der Waals surface area contributed by atoms with E-state index >= 15 is 0 Å². The summed E-state index contributed by atoms with van der Waals surface area (Å²) in [6.45, 7) is 1.39. The average molecular weight is 492 g/mol. The van der Waals surface area contributed by atoms with Crippen molar-refractivity contribution < 1.29 is 9.90 Å². The first-order valence-corrected chi connectivity index (χ1v) is 12.5. The van der Waals surface area contributed by atoms with Gasteiger partial charge in [-0.25, -0.2) is 24.7 Å². The third-order valence-electron chi connectivity index (χ3n) is 7.49. The molecular weight excluding hydrogens is 462 g/mol. The van der Waals surface area contributed by atoms with Gasteiger partial charge in [0.15, 0.2) is 22.6 Å². The molecule has 2 fully saturated rings. The summed E-state index contributed by atoms with van der Waals surface area (Å²) in [5.41, 5.74) is 2.48. The van der Waals surface area contributed by atoms with Gasteiger partial charge in [-0.1, -0.05) is 0 Å². The van der Waals surface area contributed by atoms with Crippen molar-refractivity contribution in [2.75, 3.05) is 18.0 Å². The normalized spacial score (nSPS) is 21.3. The second kappa shape index (κ2) is 9.01. The number of nitrogens with one attached hydrogen (secondary N) is 2. The van der Waals surface area contributed by atoms with Crippen LogP contribution in [-0.2, 0) is 7.05 Å². The third kappa shape index (κ3) is 3.91. The number of aliphatic hydroxyl groups is 1. The van der Waals surface area contributed by atoms with Crippen molar-refractivity contribution in [3.8, 4) is 0 Å². The summed E-state index contributed by atoms with van der Waals surface area (Å²) >= 11 is 0. The Bertz CT molecular complexity index is 1470. The fraction of sp³-hybridized carbons (Fsp3) is 0.500. The van der Waals surface area contributed by atoms with Gasteiger partial charge in [0.05, 0.1) is 11.6 Å². The molecule has 0 unspecified atom stereocenters. The van der Waals surface area contributed by atoms with Gasteiger partial charge in [-0.05, 0) is 50.7 Å². The minimum absolute atomic E-state index is 0.0356. The number of carbonyl (C=O) groups excluding carboxylic acids is 1. The molecule has 0 spiro atoms. The van der Waals surface area contributed by atoms with E-state index in [0.29, 0.717) is 54.4 Å². The molecule has 5 heterocycles. The number of aromatic amines is 1. The fourth-order valence-electron chi connectivity index (χ4n) is 5.55. The first-order valence-electron chi connectivity index (χ1n) is 12.5. The van der Waals surface area contributed by atoms with Gasteiger partial charge in [0.25, 0.3) is 5.91 Å². The first-order chi connectivity index (χ1) is 17.5. The van der Waals surface area contributed by atoms with Crippen molar-refractivity contribution in [1.29, 1.82) is 0 Å². The van der Waals surface area contributed by atoms with Gasteiger partial charge >= 0.3 is 5.69 Å². The van der Waals surface area contributed by atoms with E-state index in [2.05, 4.69) is 35.1 Å². The van der Waals surface area contributed by atoms with Gasteiger partial charge in [-0.2, -0.15) is 0 Å². The van der Waals surface area contributed by atoms with Crippen LogP contribution in [0.3, 0.4) is 0 Å². The number of amides is 1. The number of imidazole rings is 2. The molecule has 12 heteroatoms. The van der Waals surface area contributed by atoms with E-state index in [1.165, 1.54) is 6.33 Å². The van der Waals surface area contributed by atoms with Crippen LogP contribution in [0.1, 0.15) is 55.2 Å². The zero-order valence-electron chi connectivity index (χ0n) is 20.1. The standard InChI is InChI=1S/C24H29N9O3/c1-31-20-18(29-22(31)23(35)28-14-4-6-16(34)7-5-14)21(27-13-26-20)32-11-8-15(9-12-32)33-17-3-2-10-25-19(17)30-24(33)36/h2-3,10,13-16,34H,4-9,11-12H2,1H3,(H,28,35)(H,25,30,36)/t14-,16-. The second-order valence-electron chi connectivity index (χ2n) is 9.73. The highest BCUT2D eigenvalue weighted by Crippen LogP contribution is 2.30. The number of hydrogen-bond donors (Lipinski definition) is 3. The fourth-order valence-corrected chi connectivity index (χ4v) is 5.55. The third-order valence-corrected chi connectivity index (χ3v) is 7.49. The number of nitrogens with zero attached hydrogens (tertiary/aromatic N) is 7. The topological polar surface area (TPSA) is 147 Å². The van der Waals surface area contributed by atoms with Gasteiger partial charge < -0.3 is 19.9 Å². The van der Waals surface area contributed by atoms with Crippen molar-refractivity contribution in [3.63, 3.8) is 0 Å². The number of carbonyl (C=O) groups is 1. The zero-order valence-corrected chi connectivity index (χ0v) is 20.1. The minimum atomic E-state index is -0.276. The Balaban J connectivity index is 1.22. The predicted molar refractivity (Wildman–Crippen MR) is 133 cm³/mol. The molecule has 1 aliphatic heterocycles. The number of aromatic nitrogens is 7. The molecular formula is C24H29N9O3. The maximum Gasteiger partial charge on any atom is 0.327 e. The van der Waals surface area contributed by atoms with E-state index in [1.807, 2.05) is 16.7 Å². The number of rotatable bonds is 4. The summed E-state index contributed by atoms with van der Waals surface area (Å²) in [7, 11) is 1.79. The molecule has 3 N–H and O–H groups in total. The molecule has 0 atom stereocenters. The number of hydrogen-bond acceptors (Lipinski definition) is 8. The summed E-state index contributed by atoms with van der Waals surface area (Å²) in [6.07, 6.45) is 7.33. The number of anilines is 1. The maximum atomic E-state index is 13.0. The van der Waals surface area contributed by atoms with Crippen molar-refractivity contribution >= 4 is 34.1 Å². The van der Waals surface area contributed by atoms with E-state index in [0.717, 1.165) is 31.2 Å². The van der Waals surface area contributed by atoms with E-state index < -0.39 is 0 Å². The van der Waals surface area contributed by atoms with Crippen molar-refractivity contribution in [3.05, 3.63) is 41.0 Å². The largest absolute Gasteiger partial charge is 0.393 e. The summed E-state index contributed by atoms with van der Waals surface area (Å²) < 4.78 is 3.52. The van der Waals surface area contributed by atoms with E-state index in [4.69, 9.17) is 0 Å². The molecule has 0 radical (unpaired) electrons. The van der Waals surface area contributed by atoms with E-state index in [9.17, 15) is 14.7 Å². The molecule has 0 bridgehead atoms. The van der Waals surface area contributed by atoms with Crippen LogP contribution in [0, 0.1) is 0 Å². The molecule has 2 aliphatic rings. The summed E-state index contributed by atoms with van der Waals surface area (Å²) in [5.74, 6) is 0.751. The van der Waals surface area contributed by atoms with Crippen LogP contribution in [-0.4, -0.2) is 70.3 Å². The number of H-pyrrole nitrogens is 1. The van der Waals surface area contributed by atoms with Crippen LogP contribution >= 0.6 is 0 Å². The van der Waals surface area contributed by atoms with Gasteiger partial charge in [0.1, 0.15) is 6.33 Å². The number of aliphatic hydroxyl groups excluding tert-OH is 1. The second-order valence-corrected chi connectivity index (χ2v) is 9.73. The quantitative estimate of drug-likeness (QED) is 0.387. The smallest absolute Gasteiger partial charge is 0.327 e. The highest BCUT2D eigenvalue weighted by Gasteiger charge is 2.28. The summed E-state index contributed by atoms with van der Waals surface area (Å²) in [5, 5.41) is 12.8. The van der Waals surface area contributed by atoms with Gasteiger partial charge in [-0.3, -0.25) is 14.3 Å². The predicted octanol–water partition coefficient (Wildman–Crippen LogP) is 1.28. The molecule has 1 aliphatic carbocycles. The number of pyridine rings is 1. The van der Waals surface area contributed by atoms with Crippen molar-refractivity contribution in [2.24, 2.45) is 7.05 Å². The highest BCUT2D eigenvalue weighted by atomic mass is 16.3. The van der Waals surface area contributed by atoms with Crippen LogP contribution in [0.25, 0.3) is 22.3 Å². The molecule has 4 aromatic heterocycles. The number of aryl methyl sites for hydroxylation is 1. The van der Waals surface area contributed by atoms with Crippen LogP contribution in [0.15, 0.2) is 29.5 Å². The number of piperidine rings is 1. The summed E-state index contributed by atoms with van der Waals surface area (Å²) in [4.78, 5) is 48.4. The Labute approximate surface area is 206 Å². The molecule has 1 saturated heterocycles. The lowest BCUT2D eigenvalue weighted by atomic mass is 9.93. The Kier molecular flexibility index (Phi) is 5.67. The molecule has 188 valence electrons. The monoisotopic (exact) mass is 491 g/mol. The summed E-state index contributed by atoms with van der Waals surface area (Å²) in [6, 6.07) is 3.85. The Morgan fingerprint density at radius 3 is 2.67 bits per heavy atom. The lowest BCUT2D eigenvalue weighted by molar-refractivity contribution is 0.0856. The highest BCUT2D eigenvalue weighted by molar-refractivity contribution is 5.96. The first kappa shape index (κ1) is 22.7. The Morgan fingerprint density at radius 1 is 1.11 bits per heavy atom. The van der Waals surface area contributed by atoms with Gasteiger partial charge in [0, 0.05) is 38.4 Å². The average Bonchev–Trinajstić information content (AvgIpc) is 3.41. The lowest BCUT2D eigenvalue weighted by Crippen LogP contribution is -2.39. The van der Waals surface area contributed by atoms with E-state index in [-0.39, 0.29) is 29.8 Å². The Hall–Kier alpha value is -3.80. The minimum Gasteiger partial charge on any atom is -0.393 e. The molecule has 12 nitrogen and oxygen atoms in total. The molecule has 4 aromatic rings. The molecule has 1 amide bonds.